The van der Waals surface area contributed by atoms with Gasteiger partial charge in [-0.1, -0.05) is 24.3 Å². The molecule has 0 saturated carbocycles. The number of hydrogen-bond acceptors (Lipinski definition) is 6. The number of fused-ring (bicyclic) bond motifs is 1. The Labute approximate surface area is 182 Å². The van der Waals surface area contributed by atoms with Crippen LogP contribution in [0.4, 0.5) is 5.69 Å². The van der Waals surface area contributed by atoms with Gasteiger partial charge in [0, 0.05) is 11.6 Å². The molecule has 1 fully saturated rings. The fourth-order valence-corrected chi connectivity index (χ4v) is 3.45. The molecular formula is C22H18N4O4S. The van der Waals surface area contributed by atoms with Gasteiger partial charge in [0.2, 0.25) is 5.91 Å². The summed E-state index contributed by atoms with van der Waals surface area (Å²) >= 11 is 5.19. The second kappa shape index (κ2) is 8.11. The Balaban J connectivity index is 1.51. The van der Waals surface area contributed by atoms with Crippen LogP contribution in [0, 0.1) is 19.8 Å². The van der Waals surface area contributed by atoms with Crippen molar-refractivity contribution in [1.29, 1.82) is 0 Å². The first-order valence-corrected chi connectivity index (χ1v) is 9.84. The number of carbonyl (C=O) groups excluding carboxylic acids is 3. The Hall–Kier alpha value is -3.85. The van der Waals surface area contributed by atoms with E-state index in [1.54, 1.807) is 24.3 Å². The van der Waals surface area contributed by atoms with Crippen molar-refractivity contribution in [3.8, 4) is 0 Å². The highest BCUT2D eigenvalue weighted by atomic mass is 32.1. The maximum Gasteiger partial charge on any atom is 0.307 e. The summed E-state index contributed by atoms with van der Waals surface area (Å²) in [6.45, 7) is 3.87. The number of aryl methyl sites for hydroxylation is 2. The molecule has 4 rings (SSSR count). The van der Waals surface area contributed by atoms with Crippen LogP contribution in [0.25, 0.3) is 11.0 Å². The molecule has 8 nitrogen and oxygen atoms in total. The number of para-hydroxylation sites is 1. The van der Waals surface area contributed by atoms with E-state index in [9.17, 15) is 14.4 Å². The molecule has 31 heavy (non-hydrogen) atoms. The summed E-state index contributed by atoms with van der Waals surface area (Å²) in [7, 11) is 0. The monoisotopic (exact) mass is 434 g/mol. The highest BCUT2D eigenvalue weighted by Gasteiger charge is 2.38. The van der Waals surface area contributed by atoms with Crippen LogP contribution in [-0.4, -0.2) is 29.0 Å². The molecule has 2 heterocycles. The van der Waals surface area contributed by atoms with Gasteiger partial charge >= 0.3 is 5.91 Å². The second-order valence-corrected chi connectivity index (χ2v) is 7.47. The van der Waals surface area contributed by atoms with E-state index in [1.165, 1.54) is 4.90 Å². The third kappa shape index (κ3) is 3.95. The largest absolute Gasteiger partial charge is 0.451 e. The number of carbonyl (C=O) groups is 3. The Morgan fingerprint density at radius 3 is 2.68 bits per heavy atom. The number of hydrazone groups is 1. The molecule has 2 aromatic carbocycles. The minimum Gasteiger partial charge on any atom is -0.451 e. The second-order valence-electron chi connectivity index (χ2n) is 7.08. The molecule has 1 aromatic heterocycles. The number of amides is 3. The van der Waals surface area contributed by atoms with Crippen LogP contribution in [-0.2, 0) is 9.59 Å². The molecule has 1 saturated heterocycles. The first-order valence-electron chi connectivity index (χ1n) is 9.43. The van der Waals surface area contributed by atoms with Crippen LogP contribution < -0.4 is 15.6 Å². The Kier molecular flexibility index (Phi) is 5.35. The van der Waals surface area contributed by atoms with Crippen LogP contribution in [0.2, 0.25) is 0 Å². The maximum atomic E-state index is 13.0. The summed E-state index contributed by atoms with van der Waals surface area (Å²) < 4.78 is 5.47. The molecular weight excluding hydrogens is 416 g/mol. The standard InChI is InChI=1S/C22H18N4O4S/c1-12-7-8-15(9-13(12)2)26-21(29)16(19(27)24-22(26)31)11-23-25-20(28)18-10-14-5-3-4-6-17(14)30-18/h3-11,16H,1-2H3,(H,25,28)(H,24,27,31)/b23-11-/t16-/m0/s1. The quantitative estimate of drug-likeness (QED) is 0.284. The first kappa shape index (κ1) is 20.4. The number of thiocarbonyl (C=S) groups is 1. The fourth-order valence-electron chi connectivity index (χ4n) is 3.15. The lowest BCUT2D eigenvalue weighted by Gasteiger charge is -2.31. The van der Waals surface area contributed by atoms with Crippen molar-refractivity contribution in [1.82, 2.24) is 10.7 Å². The number of hydrogen-bond donors (Lipinski definition) is 2. The lowest BCUT2D eigenvalue weighted by Crippen LogP contribution is -2.58. The smallest absolute Gasteiger partial charge is 0.307 e. The van der Waals surface area contributed by atoms with Crippen molar-refractivity contribution in [2.45, 2.75) is 13.8 Å². The van der Waals surface area contributed by atoms with E-state index in [2.05, 4.69) is 15.8 Å². The minimum atomic E-state index is -1.25. The highest BCUT2D eigenvalue weighted by molar-refractivity contribution is 7.80. The molecule has 1 aliphatic rings. The van der Waals surface area contributed by atoms with E-state index < -0.39 is 23.6 Å². The number of benzene rings is 2. The van der Waals surface area contributed by atoms with Gasteiger partial charge in [-0.15, -0.1) is 0 Å². The van der Waals surface area contributed by atoms with Crippen molar-refractivity contribution >= 4 is 57.9 Å². The molecule has 0 radical (unpaired) electrons. The lowest BCUT2D eigenvalue weighted by atomic mass is 10.0. The van der Waals surface area contributed by atoms with Crippen molar-refractivity contribution < 1.29 is 18.8 Å². The zero-order valence-electron chi connectivity index (χ0n) is 16.7. The SMILES string of the molecule is Cc1ccc(N2C(=O)[C@@H](/C=N\NC(=O)c3cc4ccccc4o3)C(=O)NC2=S)cc1C. The average molecular weight is 434 g/mol. The third-order valence-corrected chi connectivity index (χ3v) is 5.27. The highest BCUT2D eigenvalue weighted by Crippen LogP contribution is 2.23. The number of nitrogens with one attached hydrogen (secondary N) is 2. The van der Waals surface area contributed by atoms with E-state index in [-0.39, 0.29) is 10.9 Å². The first-order chi connectivity index (χ1) is 14.8. The zero-order valence-corrected chi connectivity index (χ0v) is 17.5. The molecule has 3 amide bonds. The van der Waals surface area contributed by atoms with Crippen LogP contribution in [0.3, 0.4) is 0 Å². The van der Waals surface area contributed by atoms with Crippen molar-refractivity contribution in [2.24, 2.45) is 11.0 Å². The van der Waals surface area contributed by atoms with Crippen LogP contribution >= 0.6 is 12.2 Å². The van der Waals surface area contributed by atoms with Gasteiger partial charge in [-0.05, 0) is 61.5 Å². The third-order valence-electron chi connectivity index (χ3n) is 4.99. The van der Waals surface area contributed by atoms with Crippen molar-refractivity contribution in [3.63, 3.8) is 0 Å². The van der Waals surface area contributed by atoms with Gasteiger partial charge in [0.25, 0.3) is 5.91 Å². The Morgan fingerprint density at radius 1 is 1.16 bits per heavy atom. The van der Waals surface area contributed by atoms with Crippen LogP contribution in [0.15, 0.2) is 58.0 Å². The fraction of sp³-hybridized carbons (Fsp3) is 0.136. The summed E-state index contributed by atoms with van der Waals surface area (Å²) in [6, 6.07) is 14.2. The van der Waals surface area contributed by atoms with Gasteiger partial charge < -0.3 is 9.73 Å². The molecule has 9 heteroatoms. The van der Waals surface area contributed by atoms with Gasteiger partial charge in [-0.2, -0.15) is 5.10 Å². The van der Waals surface area contributed by atoms with Crippen LogP contribution in [0.1, 0.15) is 21.7 Å². The molecule has 1 atom stereocenters. The van der Waals surface area contributed by atoms with Gasteiger partial charge in [-0.3, -0.25) is 19.3 Å². The maximum absolute atomic E-state index is 13.0. The van der Waals surface area contributed by atoms with E-state index in [4.69, 9.17) is 16.6 Å². The molecule has 0 spiro atoms. The predicted molar refractivity (Wildman–Crippen MR) is 120 cm³/mol. The van der Waals surface area contributed by atoms with Gasteiger partial charge in [-0.25, -0.2) is 5.43 Å². The number of nitrogens with zero attached hydrogens (tertiary/aromatic N) is 2. The Morgan fingerprint density at radius 2 is 1.94 bits per heavy atom. The Bertz CT molecular complexity index is 1230. The summed E-state index contributed by atoms with van der Waals surface area (Å²) in [5.41, 5.74) is 5.44. The summed E-state index contributed by atoms with van der Waals surface area (Å²) in [6.07, 6.45) is 1.08. The number of furan rings is 1. The molecule has 1 aliphatic heterocycles. The average Bonchev–Trinajstić information content (AvgIpc) is 3.17. The van der Waals surface area contributed by atoms with E-state index in [0.717, 1.165) is 22.7 Å². The number of rotatable bonds is 4. The summed E-state index contributed by atoms with van der Waals surface area (Å²) in [5.74, 6) is -2.95. The van der Waals surface area contributed by atoms with E-state index in [1.807, 2.05) is 38.1 Å². The number of anilines is 1. The van der Waals surface area contributed by atoms with Crippen molar-refractivity contribution in [3.05, 3.63) is 65.4 Å². The topological polar surface area (TPSA) is 104 Å². The molecule has 2 N–H and O–H groups in total. The molecule has 156 valence electrons. The summed E-state index contributed by atoms with van der Waals surface area (Å²) in [4.78, 5) is 38.8. The molecule has 3 aromatic rings. The normalized spacial score (nSPS) is 16.8. The van der Waals surface area contributed by atoms with Gasteiger partial charge in [0.15, 0.2) is 16.8 Å². The summed E-state index contributed by atoms with van der Waals surface area (Å²) in [5, 5.41) is 7.06. The zero-order chi connectivity index (χ0) is 22.1. The molecule has 0 unspecified atom stereocenters. The van der Waals surface area contributed by atoms with E-state index in [0.29, 0.717) is 11.3 Å². The van der Waals surface area contributed by atoms with Crippen molar-refractivity contribution in [2.75, 3.05) is 4.90 Å². The van der Waals surface area contributed by atoms with Gasteiger partial charge in [0.1, 0.15) is 5.58 Å². The lowest BCUT2D eigenvalue weighted by molar-refractivity contribution is -0.130. The van der Waals surface area contributed by atoms with Crippen LogP contribution in [0.5, 0.6) is 0 Å². The minimum absolute atomic E-state index is 0.00536. The van der Waals surface area contributed by atoms with E-state index >= 15 is 0 Å². The predicted octanol–water partition coefficient (Wildman–Crippen LogP) is 2.83. The molecule has 0 aliphatic carbocycles. The van der Waals surface area contributed by atoms with Gasteiger partial charge in [0.05, 0.1) is 5.69 Å². The molecule has 0 bridgehead atoms.